The first-order chi connectivity index (χ1) is 8.29. The number of thiazole rings is 1. The van der Waals surface area contributed by atoms with Crippen molar-refractivity contribution in [2.45, 2.75) is 32.7 Å². The predicted molar refractivity (Wildman–Crippen MR) is 70.3 cm³/mol. The summed E-state index contributed by atoms with van der Waals surface area (Å²) in [5.41, 5.74) is 3.11. The van der Waals surface area contributed by atoms with Crippen LogP contribution in [-0.4, -0.2) is 11.5 Å². The number of furan rings is 1. The highest BCUT2D eigenvalue weighted by Gasteiger charge is 2.14. The molecule has 2 rings (SSSR count). The third kappa shape index (κ3) is 3.41. The van der Waals surface area contributed by atoms with Gasteiger partial charge in [-0.15, -0.1) is 11.3 Å². The first-order valence-electron chi connectivity index (χ1n) is 5.95. The summed E-state index contributed by atoms with van der Waals surface area (Å²) in [7, 11) is 0. The van der Waals surface area contributed by atoms with Crippen molar-refractivity contribution in [3.05, 3.63) is 40.2 Å². The third-order valence-electron chi connectivity index (χ3n) is 2.68. The highest BCUT2D eigenvalue weighted by molar-refractivity contribution is 7.09. The van der Waals surface area contributed by atoms with Gasteiger partial charge in [0.15, 0.2) is 0 Å². The summed E-state index contributed by atoms with van der Waals surface area (Å²) in [4.78, 5) is 5.42. The lowest BCUT2D eigenvalue weighted by Gasteiger charge is -2.15. The molecule has 0 bridgehead atoms. The number of nitrogens with one attached hydrogen (secondary N) is 1. The van der Waals surface area contributed by atoms with Gasteiger partial charge in [-0.25, -0.2) is 0 Å². The van der Waals surface area contributed by atoms with E-state index in [0.717, 1.165) is 25.1 Å². The molecule has 0 spiro atoms. The van der Waals surface area contributed by atoms with Crippen molar-refractivity contribution in [3.63, 3.8) is 0 Å². The van der Waals surface area contributed by atoms with Crippen molar-refractivity contribution in [1.82, 2.24) is 10.3 Å². The monoisotopic (exact) mass is 250 g/mol. The van der Waals surface area contributed by atoms with E-state index < -0.39 is 0 Å². The summed E-state index contributed by atoms with van der Waals surface area (Å²) in [6, 6.07) is 2.43. The smallest absolute Gasteiger partial charge is 0.101 e. The maximum Gasteiger partial charge on any atom is 0.101 e. The zero-order chi connectivity index (χ0) is 12.1. The van der Waals surface area contributed by atoms with Crippen LogP contribution < -0.4 is 5.32 Å². The Morgan fingerprint density at radius 3 is 3.00 bits per heavy atom. The third-order valence-corrected chi connectivity index (χ3v) is 3.48. The Labute approximate surface area is 106 Å². The summed E-state index contributed by atoms with van der Waals surface area (Å²) >= 11 is 1.70. The lowest BCUT2D eigenvalue weighted by atomic mass is 10.1. The largest absolute Gasteiger partial charge is 0.469 e. The average Bonchev–Trinajstić information content (AvgIpc) is 2.95. The molecule has 0 saturated heterocycles. The Morgan fingerprint density at radius 1 is 1.53 bits per heavy atom. The Bertz CT molecular complexity index is 436. The zero-order valence-electron chi connectivity index (χ0n) is 10.3. The van der Waals surface area contributed by atoms with Gasteiger partial charge in [-0.05, 0) is 26.0 Å². The average molecular weight is 250 g/mol. The molecule has 2 aromatic heterocycles. The van der Waals surface area contributed by atoms with Crippen molar-refractivity contribution < 1.29 is 4.42 Å². The van der Waals surface area contributed by atoms with Crippen molar-refractivity contribution in [3.8, 4) is 0 Å². The second-order valence-corrected chi connectivity index (χ2v) is 5.14. The maximum atomic E-state index is 5.39. The van der Waals surface area contributed by atoms with Crippen LogP contribution in [0.2, 0.25) is 0 Å². The fourth-order valence-corrected chi connectivity index (χ4v) is 2.46. The van der Waals surface area contributed by atoms with Crippen LogP contribution in [0.1, 0.15) is 35.6 Å². The summed E-state index contributed by atoms with van der Waals surface area (Å²) in [6.45, 7) is 5.18. The first kappa shape index (κ1) is 12.3. The van der Waals surface area contributed by atoms with E-state index in [1.165, 1.54) is 10.4 Å². The number of rotatable bonds is 6. The fraction of sp³-hybridized carbons (Fsp3) is 0.462. The van der Waals surface area contributed by atoms with E-state index in [2.05, 4.69) is 23.3 Å². The number of hydrogen-bond donors (Lipinski definition) is 1. The molecule has 1 atom stereocenters. The number of nitrogens with zero attached hydrogens (tertiary/aromatic N) is 1. The normalized spacial score (nSPS) is 12.8. The van der Waals surface area contributed by atoms with Gasteiger partial charge in [-0.3, -0.25) is 4.98 Å². The zero-order valence-corrected chi connectivity index (χ0v) is 11.1. The molecule has 17 heavy (non-hydrogen) atoms. The summed E-state index contributed by atoms with van der Waals surface area (Å²) in [5.74, 6) is 0.965. The Morgan fingerprint density at radius 2 is 2.41 bits per heavy atom. The van der Waals surface area contributed by atoms with Crippen LogP contribution in [0.5, 0.6) is 0 Å². The van der Waals surface area contributed by atoms with Crippen LogP contribution in [0, 0.1) is 6.92 Å². The van der Waals surface area contributed by atoms with Crippen LogP contribution in [0.3, 0.4) is 0 Å². The predicted octanol–water partition coefficient (Wildman–Crippen LogP) is 3.33. The van der Waals surface area contributed by atoms with Crippen LogP contribution in [0.4, 0.5) is 0 Å². The molecule has 92 valence electrons. The molecular weight excluding hydrogens is 232 g/mol. The van der Waals surface area contributed by atoms with Crippen molar-refractivity contribution >= 4 is 11.3 Å². The molecule has 4 heteroatoms. The van der Waals surface area contributed by atoms with E-state index in [1.54, 1.807) is 11.3 Å². The number of aryl methyl sites for hydroxylation is 1. The second-order valence-electron chi connectivity index (χ2n) is 4.17. The minimum absolute atomic E-state index is 0.327. The van der Waals surface area contributed by atoms with E-state index in [1.807, 2.05) is 24.9 Å². The van der Waals surface area contributed by atoms with E-state index >= 15 is 0 Å². The second kappa shape index (κ2) is 5.98. The van der Waals surface area contributed by atoms with Gasteiger partial charge >= 0.3 is 0 Å². The molecular formula is C13H18N2OS. The van der Waals surface area contributed by atoms with Gasteiger partial charge in [0.25, 0.3) is 0 Å². The SMILES string of the molecule is CCCNC(Cc1cncs1)c1coc(C)c1. The van der Waals surface area contributed by atoms with Crippen molar-refractivity contribution in [2.75, 3.05) is 6.54 Å². The lowest BCUT2D eigenvalue weighted by molar-refractivity contribution is 0.505. The van der Waals surface area contributed by atoms with Crippen LogP contribution in [-0.2, 0) is 6.42 Å². The quantitative estimate of drug-likeness (QED) is 0.854. The standard InChI is InChI=1S/C13H18N2OS/c1-3-4-15-13(6-12-7-14-9-17-12)11-5-10(2)16-8-11/h5,7-9,13,15H,3-4,6H2,1-2H3. The first-order valence-corrected chi connectivity index (χ1v) is 6.83. The van der Waals surface area contributed by atoms with Gasteiger partial charge < -0.3 is 9.73 Å². The summed E-state index contributed by atoms with van der Waals surface area (Å²) < 4.78 is 5.39. The molecule has 0 saturated carbocycles. The highest BCUT2D eigenvalue weighted by atomic mass is 32.1. The van der Waals surface area contributed by atoms with Gasteiger partial charge in [0.05, 0.1) is 11.8 Å². The molecule has 0 aliphatic rings. The van der Waals surface area contributed by atoms with E-state index in [9.17, 15) is 0 Å². The molecule has 3 nitrogen and oxygen atoms in total. The highest BCUT2D eigenvalue weighted by Crippen LogP contribution is 2.22. The minimum Gasteiger partial charge on any atom is -0.469 e. The van der Waals surface area contributed by atoms with Gasteiger partial charge in [-0.2, -0.15) is 0 Å². The van der Waals surface area contributed by atoms with E-state index in [4.69, 9.17) is 4.42 Å². The van der Waals surface area contributed by atoms with Gasteiger partial charge in [0.2, 0.25) is 0 Å². The molecule has 0 aromatic carbocycles. The Hall–Kier alpha value is -1.13. The van der Waals surface area contributed by atoms with Crippen LogP contribution in [0.15, 0.2) is 28.5 Å². The molecule has 2 aromatic rings. The fourth-order valence-electron chi connectivity index (χ4n) is 1.82. The molecule has 0 aliphatic heterocycles. The van der Waals surface area contributed by atoms with E-state index in [0.29, 0.717) is 6.04 Å². The van der Waals surface area contributed by atoms with Crippen molar-refractivity contribution in [2.24, 2.45) is 0 Å². The molecule has 0 radical (unpaired) electrons. The molecule has 2 heterocycles. The number of hydrogen-bond acceptors (Lipinski definition) is 4. The summed E-state index contributed by atoms with van der Waals surface area (Å²) in [6.07, 6.45) is 5.90. The molecule has 0 fully saturated rings. The number of aromatic nitrogens is 1. The van der Waals surface area contributed by atoms with Crippen LogP contribution >= 0.6 is 11.3 Å². The van der Waals surface area contributed by atoms with E-state index in [-0.39, 0.29) is 0 Å². The lowest BCUT2D eigenvalue weighted by Crippen LogP contribution is -2.23. The molecule has 0 amide bonds. The van der Waals surface area contributed by atoms with Gasteiger partial charge in [0.1, 0.15) is 5.76 Å². The molecule has 0 aliphatic carbocycles. The maximum absolute atomic E-state index is 5.39. The topological polar surface area (TPSA) is 38.1 Å². The van der Waals surface area contributed by atoms with Gasteiger partial charge in [0, 0.05) is 29.1 Å². The minimum atomic E-state index is 0.327. The van der Waals surface area contributed by atoms with Crippen molar-refractivity contribution in [1.29, 1.82) is 0 Å². The summed E-state index contributed by atoms with van der Waals surface area (Å²) in [5, 5.41) is 3.56. The van der Waals surface area contributed by atoms with Crippen LogP contribution in [0.25, 0.3) is 0 Å². The molecule has 1 N–H and O–H groups in total. The van der Waals surface area contributed by atoms with Gasteiger partial charge in [-0.1, -0.05) is 6.92 Å². The Balaban J connectivity index is 2.07. The Kier molecular flexibility index (Phi) is 4.34. The molecule has 1 unspecified atom stereocenters.